The van der Waals surface area contributed by atoms with Crippen molar-refractivity contribution in [3.8, 4) is 5.75 Å². The highest BCUT2D eigenvalue weighted by molar-refractivity contribution is 5.99. The van der Waals surface area contributed by atoms with Gasteiger partial charge in [0.2, 0.25) is 5.91 Å². The zero-order valence-electron chi connectivity index (χ0n) is 15.1. The number of ether oxygens (including phenoxy) is 1. The highest BCUT2D eigenvalue weighted by Crippen LogP contribution is 2.18. The minimum Gasteiger partial charge on any atom is -0.489 e. The molecular weight excluding hydrogens is 332 g/mol. The van der Waals surface area contributed by atoms with E-state index in [0.717, 1.165) is 11.3 Å². The number of benzene rings is 2. The predicted octanol–water partition coefficient (Wildman–Crippen LogP) is 3.67. The Bertz CT molecular complexity index is 798. The molecule has 0 radical (unpaired) electrons. The van der Waals surface area contributed by atoms with Crippen LogP contribution in [0.2, 0.25) is 0 Å². The van der Waals surface area contributed by atoms with Crippen LogP contribution in [-0.2, 0) is 9.63 Å². The predicted molar refractivity (Wildman–Crippen MR) is 101 cm³/mol. The van der Waals surface area contributed by atoms with Crippen molar-refractivity contribution >= 4 is 23.1 Å². The van der Waals surface area contributed by atoms with Crippen LogP contribution < -0.4 is 10.1 Å². The Labute approximate surface area is 152 Å². The van der Waals surface area contributed by atoms with Crippen LogP contribution in [0.5, 0.6) is 5.75 Å². The number of nitrogens with one attached hydrogen (secondary N) is 1. The number of rotatable bonds is 8. The second kappa shape index (κ2) is 9.36. The molecule has 0 aliphatic rings. The van der Waals surface area contributed by atoms with Gasteiger partial charge in [-0.3, -0.25) is 9.59 Å². The van der Waals surface area contributed by atoms with Crippen molar-refractivity contribution in [3.05, 3.63) is 59.7 Å². The van der Waals surface area contributed by atoms with E-state index in [1.54, 1.807) is 30.3 Å². The molecular formula is C20H22N2O4. The van der Waals surface area contributed by atoms with E-state index in [-0.39, 0.29) is 24.9 Å². The van der Waals surface area contributed by atoms with Crippen molar-refractivity contribution in [1.29, 1.82) is 0 Å². The standard InChI is InChI=1S/C20H22N2O4/c1-14(17-8-10-18(11-9-17)21-16(3)24)22-26-13-12-25-20-7-5-4-6-19(20)15(2)23/h4-11H,12-13H2,1-3H3,(H,21,24)/b22-14+. The Morgan fingerprint density at radius 3 is 2.31 bits per heavy atom. The van der Waals surface area contributed by atoms with Crippen molar-refractivity contribution < 1.29 is 19.2 Å². The van der Waals surface area contributed by atoms with Gasteiger partial charge in [0.1, 0.15) is 12.4 Å². The Balaban J connectivity index is 1.83. The quantitative estimate of drug-likeness (QED) is 0.340. The first kappa shape index (κ1) is 19.2. The van der Waals surface area contributed by atoms with Gasteiger partial charge in [-0.1, -0.05) is 29.4 Å². The number of para-hydroxylation sites is 1. The average Bonchev–Trinajstić information content (AvgIpc) is 2.61. The Morgan fingerprint density at radius 2 is 1.65 bits per heavy atom. The Hall–Kier alpha value is -3.15. The van der Waals surface area contributed by atoms with E-state index in [1.165, 1.54) is 13.8 Å². The zero-order valence-corrected chi connectivity index (χ0v) is 15.1. The monoisotopic (exact) mass is 354 g/mol. The number of oxime groups is 1. The third-order valence-corrected chi connectivity index (χ3v) is 3.52. The first-order valence-electron chi connectivity index (χ1n) is 8.24. The minimum absolute atomic E-state index is 0.0434. The van der Waals surface area contributed by atoms with Gasteiger partial charge in [-0.25, -0.2) is 0 Å². The minimum atomic E-state index is -0.113. The van der Waals surface area contributed by atoms with Crippen LogP contribution in [0.25, 0.3) is 0 Å². The van der Waals surface area contributed by atoms with E-state index in [0.29, 0.717) is 17.0 Å². The van der Waals surface area contributed by atoms with E-state index >= 15 is 0 Å². The molecule has 26 heavy (non-hydrogen) atoms. The lowest BCUT2D eigenvalue weighted by Crippen LogP contribution is -2.08. The van der Waals surface area contributed by atoms with Crippen molar-refractivity contribution in [1.82, 2.24) is 0 Å². The average molecular weight is 354 g/mol. The fourth-order valence-electron chi connectivity index (χ4n) is 2.27. The molecule has 0 unspecified atom stereocenters. The van der Waals surface area contributed by atoms with E-state index in [1.807, 2.05) is 25.1 Å². The molecule has 0 spiro atoms. The molecule has 6 heteroatoms. The number of carbonyl (C=O) groups is 2. The van der Waals surface area contributed by atoms with Gasteiger partial charge in [0, 0.05) is 12.6 Å². The summed E-state index contributed by atoms with van der Waals surface area (Å²) in [5.74, 6) is 0.383. The maximum atomic E-state index is 11.5. The summed E-state index contributed by atoms with van der Waals surface area (Å²) in [5.41, 5.74) is 2.88. The molecule has 0 saturated carbocycles. The number of anilines is 1. The molecule has 0 atom stereocenters. The zero-order chi connectivity index (χ0) is 18.9. The number of hydrogen-bond donors (Lipinski definition) is 1. The van der Waals surface area contributed by atoms with Crippen LogP contribution in [0.15, 0.2) is 53.7 Å². The van der Waals surface area contributed by atoms with Crippen LogP contribution in [-0.4, -0.2) is 30.6 Å². The molecule has 0 aliphatic heterocycles. The van der Waals surface area contributed by atoms with Crippen molar-refractivity contribution in [2.24, 2.45) is 5.16 Å². The molecule has 136 valence electrons. The molecule has 0 saturated heterocycles. The van der Waals surface area contributed by atoms with Gasteiger partial charge < -0.3 is 14.9 Å². The highest BCUT2D eigenvalue weighted by Gasteiger charge is 2.07. The van der Waals surface area contributed by atoms with Crippen molar-refractivity contribution in [2.45, 2.75) is 20.8 Å². The molecule has 2 aromatic rings. The number of carbonyl (C=O) groups excluding carboxylic acids is 2. The molecule has 2 rings (SSSR count). The molecule has 0 heterocycles. The fourth-order valence-corrected chi connectivity index (χ4v) is 2.27. The number of amides is 1. The van der Waals surface area contributed by atoms with Crippen molar-refractivity contribution in [2.75, 3.05) is 18.5 Å². The van der Waals surface area contributed by atoms with Crippen molar-refractivity contribution in [3.63, 3.8) is 0 Å². The van der Waals surface area contributed by atoms with Crippen LogP contribution in [0, 0.1) is 0 Å². The molecule has 0 bridgehead atoms. The summed E-state index contributed by atoms with van der Waals surface area (Å²) in [5, 5.41) is 6.76. The summed E-state index contributed by atoms with van der Waals surface area (Å²) in [6, 6.07) is 14.4. The number of hydrogen-bond acceptors (Lipinski definition) is 5. The fraction of sp³-hybridized carbons (Fsp3) is 0.250. The lowest BCUT2D eigenvalue weighted by molar-refractivity contribution is -0.114. The summed E-state index contributed by atoms with van der Waals surface area (Å²) in [6.45, 7) is 5.34. The lowest BCUT2D eigenvalue weighted by Gasteiger charge is -2.09. The van der Waals surface area contributed by atoms with Crippen LogP contribution in [0.4, 0.5) is 5.69 Å². The van der Waals surface area contributed by atoms with Crippen LogP contribution in [0.1, 0.15) is 36.7 Å². The van der Waals surface area contributed by atoms with Gasteiger partial charge in [-0.15, -0.1) is 0 Å². The second-order valence-electron chi connectivity index (χ2n) is 5.67. The smallest absolute Gasteiger partial charge is 0.221 e. The maximum absolute atomic E-state index is 11.5. The van der Waals surface area contributed by atoms with Gasteiger partial charge in [-0.2, -0.15) is 0 Å². The van der Waals surface area contributed by atoms with E-state index in [9.17, 15) is 9.59 Å². The molecule has 1 N–H and O–H groups in total. The lowest BCUT2D eigenvalue weighted by atomic mass is 10.1. The van der Waals surface area contributed by atoms with Gasteiger partial charge in [-0.05, 0) is 43.7 Å². The third kappa shape index (κ3) is 5.73. The van der Waals surface area contributed by atoms with Gasteiger partial charge in [0.25, 0.3) is 0 Å². The first-order valence-corrected chi connectivity index (χ1v) is 8.24. The molecule has 6 nitrogen and oxygen atoms in total. The maximum Gasteiger partial charge on any atom is 0.221 e. The highest BCUT2D eigenvalue weighted by atomic mass is 16.6. The van der Waals surface area contributed by atoms with Gasteiger partial charge in [0.05, 0.1) is 11.3 Å². The third-order valence-electron chi connectivity index (χ3n) is 3.52. The molecule has 2 aromatic carbocycles. The summed E-state index contributed by atoms with van der Waals surface area (Å²) >= 11 is 0. The Morgan fingerprint density at radius 1 is 0.962 bits per heavy atom. The van der Waals surface area contributed by atoms with E-state index in [4.69, 9.17) is 9.57 Å². The van der Waals surface area contributed by atoms with E-state index in [2.05, 4.69) is 10.5 Å². The van der Waals surface area contributed by atoms with E-state index < -0.39 is 0 Å². The summed E-state index contributed by atoms with van der Waals surface area (Å²) in [6.07, 6.45) is 0. The Kier molecular flexibility index (Phi) is 6.91. The molecule has 0 aromatic heterocycles. The van der Waals surface area contributed by atoms with Gasteiger partial charge in [0.15, 0.2) is 12.4 Å². The van der Waals surface area contributed by atoms with Crippen LogP contribution >= 0.6 is 0 Å². The normalized spacial score (nSPS) is 11.0. The number of ketones is 1. The number of Topliss-reactive ketones (excluding diaryl/α,β-unsaturated/α-hetero) is 1. The summed E-state index contributed by atoms with van der Waals surface area (Å²) in [7, 11) is 0. The molecule has 0 aliphatic carbocycles. The SMILES string of the molecule is CC(=O)Nc1ccc(/C(C)=N/OCCOc2ccccc2C(C)=O)cc1. The largest absolute Gasteiger partial charge is 0.489 e. The van der Waals surface area contributed by atoms with Crippen LogP contribution in [0.3, 0.4) is 0 Å². The number of nitrogens with zero attached hydrogens (tertiary/aromatic N) is 1. The summed E-state index contributed by atoms with van der Waals surface area (Å²) in [4.78, 5) is 27.8. The topological polar surface area (TPSA) is 77.0 Å². The summed E-state index contributed by atoms with van der Waals surface area (Å²) < 4.78 is 5.58. The second-order valence-corrected chi connectivity index (χ2v) is 5.67. The molecule has 1 amide bonds. The first-order chi connectivity index (χ1) is 12.5. The molecule has 0 fully saturated rings. The van der Waals surface area contributed by atoms with Gasteiger partial charge >= 0.3 is 0 Å².